The molecule has 1 aromatic carbocycles. The fraction of sp³-hybridized carbons (Fsp3) is 0.478. The van der Waals surface area contributed by atoms with Crippen molar-refractivity contribution in [2.24, 2.45) is 5.92 Å². The van der Waals surface area contributed by atoms with Crippen LogP contribution in [0.1, 0.15) is 58.6 Å². The highest BCUT2D eigenvalue weighted by atomic mass is 16.5. The van der Waals surface area contributed by atoms with Gasteiger partial charge in [-0.2, -0.15) is 0 Å². The van der Waals surface area contributed by atoms with Gasteiger partial charge in [0.15, 0.2) is 0 Å². The number of H-pyrrole nitrogens is 1. The van der Waals surface area contributed by atoms with E-state index in [1.165, 1.54) is 0 Å². The number of hydrogen-bond donors (Lipinski definition) is 2. The number of hydrogen-bond acceptors (Lipinski definition) is 4. The van der Waals surface area contributed by atoms with Gasteiger partial charge in [0.2, 0.25) is 0 Å². The Hall–Kier alpha value is -2.44. The number of aromatic amines is 1. The average molecular weight is 399 g/mol. The maximum atomic E-state index is 12.4. The molecule has 1 aromatic heterocycles. The first-order chi connectivity index (χ1) is 13.9. The molecule has 0 unspecified atom stereocenters. The SMILES string of the molecule is Cc1cc(C)c(CNC(=O)c2ccc([C@@H](C)OCC[C@@H]3CCOC3)cc2)c(=O)[nH]1. The average Bonchev–Trinajstić information content (AvgIpc) is 3.20. The number of amides is 1. The summed E-state index contributed by atoms with van der Waals surface area (Å²) in [7, 11) is 0. The molecule has 0 bridgehead atoms. The number of rotatable bonds is 8. The van der Waals surface area contributed by atoms with Crippen LogP contribution in [0.15, 0.2) is 35.1 Å². The van der Waals surface area contributed by atoms with E-state index in [1.54, 1.807) is 12.1 Å². The second-order valence-electron chi connectivity index (χ2n) is 7.78. The fourth-order valence-corrected chi connectivity index (χ4v) is 3.60. The molecule has 6 nitrogen and oxygen atoms in total. The lowest BCUT2D eigenvalue weighted by atomic mass is 10.1. The summed E-state index contributed by atoms with van der Waals surface area (Å²) in [6, 6.07) is 9.33. The molecular formula is C23H30N2O4. The molecular weight excluding hydrogens is 368 g/mol. The molecule has 6 heteroatoms. The number of aryl methyl sites for hydroxylation is 2. The number of nitrogens with one attached hydrogen (secondary N) is 2. The summed E-state index contributed by atoms with van der Waals surface area (Å²) in [5.41, 5.74) is 3.70. The number of benzene rings is 1. The molecule has 0 radical (unpaired) electrons. The number of carbonyl (C=O) groups excluding carboxylic acids is 1. The Balaban J connectivity index is 1.51. The maximum absolute atomic E-state index is 12.4. The minimum Gasteiger partial charge on any atom is -0.381 e. The van der Waals surface area contributed by atoms with E-state index in [-0.39, 0.29) is 24.1 Å². The van der Waals surface area contributed by atoms with Crippen molar-refractivity contribution in [1.82, 2.24) is 10.3 Å². The van der Waals surface area contributed by atoms with Gasteiger partial charge in [-0.25, -0.2) is 0 Å². The highest BCUT2D eigenvalue weighted by Gasteiger charge is 2.16. The Bertz CT molecular complexity index is 883. The Labute approximate surface area is 171 Å². The fourth-order valence-electron chi connectivity index (χ4n) is 3.60. The van der Waals surface area contributed by atoms with Crippen molar-refractivity contribution in [3.05, 3.63) is 68.6 Å². The summed E-state index contributed by atoms with van der Waals surface area (Å²) in [5, 5.41) is 2.83. The highest BCUT2D eigenvalue weighted by Crippen LogP contribution is 2.21. The zero-order chi connectivity index (χ0) is 20.8. The second kappa shape index (κ2) is 9.85. The van der Waals surface area contributed by atoms with E-state index in [1.807, 2.05) is 39.0 Å². The van der Waals surface area contributed by atoms with E-state index in [0.29, 0.717) is 23.7 Å². The zero-order valence-electron chi connectivity index (χ0n) is 17.4. The Morgan fingerprint density at radius 1 is 1.31 bits per heavy atom. The van der Waals surface area contributed by atoms with Gasteiger partial charge in [0.1, 0.15) is 0 Å². The van der Waals surface area contributed by atoms with Crippen LogP contribution >= 0.6 is 0 Å². The van der Waals surface area contributed by atoms with Crippen LogP contribution in [0, 0.1) is 19.8 Å². The number of ether oxygens (including phenoxy) is 2. The van der Waals surface area contributed by atoms with Crippen molar-refractivity contribution in [3.63, 3.8) is 0 Å². The van der Waals surface area contributed by atoms with Gasteiger partial charge in [0, 0.05) is 43.2 Å². The summed E-state index contributed by atoms with van der Waals surface area (Å²) in [6.45, 7) is 8.35. The molecule has 1 fully saturated rings. The summed E-state index contributed by atoms with van der Waals surface area (Å²) in [5.74, 6) is 0.406. The largest absolute Gasteiger partial charge is 0.381 e. The predicted molar refractivity (Wildman–Crippen MR) is 112 cm³/mol. The molecule has 156 valence electrons. The molecule has 29 heavy (non-hydrogen) atoms. The molecule has 1 amide bonds. The quantitative estimate of drug-likeness (QED) is 0.714. The summed E-state index contributed by atoms with van der Waals surface area (Å²) in [6.07, 6.45) is 2.11. The molecule has 0 saturated carbocycles. The third kappa shape index (κ3) is 5.78. The van der Waals surface area contributed by atoms with Crippen molar-refractivity contribution < 1.29 is 14.3 Å². The molecule has 2 aromatic rings. The van der Waals surface area contributed by atoms with Crippen molar-refractivity contribution >= 4 is 5.91 Å². The molecule has 2 atom stereocenters. The normalized spacial score (nSPS) is 17.3. The van der Waals surface area contributed by atoms with E-state index >= 15 is 0 Å². The second-order valence-corrected chi connectivity index (χ2v) is 7.78. The first kappa shape index (κ1) is 21.3. The first-order valence-corrected chi connectivity index (χ1v) is 10.2. The topological polar surface area (TPSA) is 80.4 Å². The van der Waals surface area contributed by atoms with Gasteiger partial charge in [-0.1, -0.05) is 12.1 Å². The lowest BCUT2D eigenvalue weighted by molar-refractivity contribution is 0.0544. The molecule has 2 N–H and O–H groups in total. The molecule has 0 aliphatic carbocycles. The van der Waals surface area contributed by atoms with Crippen molar-refractivity contribution in [2.45, 2.75) is 46.3 Å². The number of pyridine rings is 1. The van der Waals surface area contributed by atoms with E-state index in [2.05, 4.69) is 10.3 Å². The molecule has 2 heterocycles. The van der Waals surface area contributed by atoms with Crippen LogP contribution in [-0.2, 0) is 16.0 Å². The summed E-state index contributed by atoms with van der Waals surface area (Å²) in [4.78, 5) is 27.3. The predicted octanol–water partition coefficient (Wildman–Crippen LogP) is 3.43. The smallest absolute Gasteiger partial charge is 0.253 e. The zero-order valence-corrected chi connectivity index (χ0v) is 17.4. The summed E-state index contributed by atoms with van der Waals surface area (Å²) < 4.78 is 11.3. The minimum atomic E-state index is -0.203. The van der Waals surface area contributed by atoms with Gasteiger partial charge in [-0.05, 0) is 68.9 Å². The first-order valence-electron chi connectivity index (χ1n) is 10.2. The van der Waals surface area contributed by atoms with Crippen LogP contribution in [0.2, 0.25) is 0 Å². The van der Waals surface area contributed by atoms with Gasteiger partial charge < -0.3 is 19.8 Å². The van der Waals surface area contributed by atoms with Gasteiger partial charge >= 0.3 is 0 Å². The van der Waals surface area contributed by atoms with Gasteiger partial charge in [-0.15, -0.1) is 0 Å². The van der Waals surface area contributed by atoms with E-state index in [9.17, 15) is 9.59 Å². The van der Waals surface area contributed by atoms with E-state index in [0.717, 1.165) is 42.9 Å². The Kier molecular flexibility index (Phi) is 7.23. The number of carbonyl (C=O) groups is 1. The van der Waals surface area contributed by atoms with E-state index < -0.39 is 0 Å². The number of aromatic nitrogens is 1. The monoisotopic (exact) mass is 398 g/mol. The van der Waals surface area contributed by atoms with Crippen LogP contribution in [0.5, 0.6) is 0 Å². The van der Waals surface area contributed by atoms with Crippen LogP contribution in [0.3, 0.4) is 0 Å². The molecule has 0 spiro atoms. The Morgan fingerprint density at radius 2 is 2.07 bits per heavy atom. The highest BCUT2D eigenvalue weighted by molar-refractivity contribution is 5.94. The molecule has 1 aliphatic heterocycles. The van der Waals surface area contributed by atoms with Crippen LogP contribution in [0.25, 0.3) is 0 Å². The van der Waals surface area contributed by atoms with Crippen LogP contribution < -0.4 is 10.9 Å². The third-order valence-corrected chi connectivity index (χ3v) is 5.48. The maximum Gasteiger partial charge on any atom is 0.253 e. The van der Waals surface area contributed by atoms with Gasteiger partial charge in [-0.3, -0.25) is 9.59 Å². The van der Waals surface area contributed by atoms with Gasteiger partial charge in [0.25, 0.3) is 11.5 Å². The summed E-state index contributed by atoms with van der Waals surface area (Å²) >= 11 is 0. The Morgan fingerprint density at radius 3 is 2.72 bits per heavy atom. The lowest BCUT2D eigenvalue weighted by Crippen LogP contribution is -2.27. The molecule has 1 aliphatic rings. The van der Waals surface area contributed by atoms with Crippen LogP contribution in [0.4, 0.5) is 0 Å². The molecule has 3 rings (SSSR count). The minimum absolute atomic E-state index is 0.0248. The standard InChI is InChI=1S/C23H30N2O4/c1-15-12-16(2)25-23(27)21(15)13-24-22(26)20-6-4-19(5-7-20)17(3)29-11-9-18-8-10-28-14-18/h4-7,12,17-18H,8-11,13-14H2,1-3H3,(H,24,26)(H,25,27)/t17-,18+/m1/s1. The molecule has 1 saturated heterocycles. The lowest BCUT2D eigenvalue weighted by Gasteiger charge is -2.15. The van der Waals surface area contributed by atoms with Crippen LogP contribution in [-0.4, -0.2) is 30.7 Å². The van der Waals surface area contributed by atoms with Gasteiger partial charge in [0.05, 0.1) is 6.10 Å². The van der Waals surface area contributed by atoms with Crippen molar-refractivity contribution in [2.75, 3.05) is 19.8 Å². The van der Waals surface area contributed by atoms with Crippen molar-refractivity contribution in [1.29, 1.82) is 0 Å². The van der Waals surface area contributed by atoms with E-state index in [4.69, 9.17) is 9.47 Å². The van der Waals surface area contributed by atoms with Crippen molar-refractivity contribution in [3.8, 4) is 0 Å². The third-order valence-electron chi connectivity index (χ3n) is 5.48.